The summed E-state index contributed by atoms with van der Waals surface area (Å²) < 4.78 is 1.78. The molecule has 0 saturated heterocycles. The standard InChI is InChI=1S/C13H7Cl2N3O/c14-9-2-10(5-16-4-9)18-6-12(15)11-1-8(7-19)3-17-13(11)18/h1-7H. The van der Waals surface area contributed by atoms with Crippen molar-refractivity contribution in [2.45, 2.75) is 0 Å². The largest absolute Gasteiger partial charge is 0.298 e. The van der Waals surface area contributed by atoms with Crippen molar-refractivity contribution in [1.82, 2.24) is 14.5 Å². The van der Waals surface area contributed by atoms with Crippen LogP contribution in [0, 0.1) is 0 Å². The summed E-state index contributed by atoms with van der Waals surface area (Å²) in [4.78, 5) is 19.1. The van der Waals surface area contributed by atoms with E-state index in [1.807, 2.05) is 0 Å². The lowest BCUT2D eigenvalue weighted by Gasteiger charge is -2.04. The molecular formula is C13H7Cl2N3O. The average Bonchev–Trinajstić information content (AvgIpc) is 2.76. The zero-order chi connectivity index (χ0) is 13.4. The molecule has 0 aromatic carbocycles. The van der Waals surface area contributed by atoms with Crippen LogP contribution in [0.5, 0.6) is 0 Å². The van der Waals surface area contributed by atoms with Gasteiger partial charge in [-0.3, -0.25) is 14.3 Å². The third kappa shape index (κ3) is 2.09. The number of carbonyl (C=O) groups is 1. The van der Waals surface area contributed by atoms with Crippen molar-refractivity contribution in [3.05, 3.63) is 52.5 Å². The third-order valence-corrected chi connectivity index (χ3v) is 3.23. The van der Waals surface area contributed by atoms with Crippen LogP contribution in [-0.4, -0.2) is 20.8 Å². The number of carbonyl (C=O) groups excluding carboxylic acids is 1. The molecule has 0 aliphatic rings. The van der Waals surface area contributed by atoms with Gasteiger partial charge in [0.15, 0.2) is 6.29 Å². The summed E-state index contributed by atoms with van der Waals surface area (Å²) >= 11 is 12.1. The van der Waals surface area contributed by atoms with E-state index >= 15 is 0 Å². The molecule has 0 spiro atoms. The lowest BCUT2D eigenvalue weighted by molar-refractivity contribution is 0.112. The Kier molecular flexibility index (Phi) is 2.97. The van der Waals surface area contributed by atoms with Gasteiger partial charge in [0.25, 0.3) is 0 Å². The maximum Gasteiger partial charge on any atom is 0.151 e. The number of aromatic nitrogens is 3. The average molecular weight is 292 g/mol. The van der Waals surface area contributed by atoms with Gasteiger partial charge in [0.2, 0.25) is 0 Å². The molecule has 0 saturated carbocycles. The normalized spacial score (nSPS) is 10.8. The van der Waals surface area contributed by atoms with Crippen molar-refractivity contribution < 1.29 is 4.79 Å². The van der Waals surface area contributed by atoms with Crippen LogP contribution in [0.25, 0.3) is 16.7 Å². The fraction of sp³-hybridized carbons (Fsp3) is 0. The van der Waals surface area contributed by atoms with Gasteiger partial charge >= 0.3 is 0 Å². The maximum atomic E-state index is 10.8. The van der Waals surface area contributed by atoms with Crippen molar-refractivity contribution in [1.29, 1.82) is 0 Å². The quantitative estimate of drug-likeness (QED) is 0.679. The van der Waals surface area contributed by atoms with Crippen LogP contribution in [0.15, 0.2) is 36.9 Å². The second-order valence-corrected chi connectivity index (χ2v) is 4.81. The van der Waals surface area contributed by atoms with E-state index in [0.717, 1.165) is 12.0 Å². The van der Waals surface area contributed by atoms with Gasteiger partial charge in [-0.2, -0.15) is 0 Å². The van der Waals surface area contributed by atoms with Crippen LogP contribution in [0.3, 0.4) is 0 Å². The van der Waals surface area contributed by atoms with Crippen LogP contribution >= 0.6 is 23.2 Å². The van der Waals surface area contributed by atoms with Gasteiger partial charge in [0, 0.05) is 29.5 Å². The fourth-order valence-electron chi connectivity index (χ4n) is 1.88. The van der Waals surface area contributed by atoms with E-state index in [-0.39, 0.29) is 0 Å². The van der Waals surface area contributed by atoms with Gasteiger partial charge in [0.05, 0.1) is 21.9 Å². The molecule has 6 heteroatoms. The van der Waals surface area contributed by atoms with Gasteiger partial charge < -0.3 is 0 Å². The molecule has 0 fully saturated rings. The zero-order valence-electron chi connectivity index (χ0n) is 9.55. The lowest BCUT2D eigenvalue weighted by atomic mass is 10.2. The van der Waals surface area contributed by atoms with E-state index in [4.69, 9.17) is 23.2 Å². The first-order chi connectivity index (χ1) is 9.19. The Hall–Kier alpha value is -1.91. The van der Waals surface area contributed by atoms with Crippen molar-refractivity contribution in [3.8, 4) is 5.69 Å². The van der Waals surface area contributed by atoms with Crippen molar-refractivity contribution in [3.63, 3.8) is 0 Å². The summed E-state index contributed by atoms with van der Waals surface area (Å²) in [5.41, 5.74) is 1.90. The molecule has 0 unspecified atom stereocenters. The van der Waals surface area contributed by atoms with Gasteiger partial charge in [-0.1, -0.05) is 23.2 Å². The van der Waals surface area contributed by atoms with Gasteiger partial charge in [-0.05, 0) is 12.1 Å². The molecule has 94 valence electrons. The molecule has 0 bridgehead atoms. The minimum atomic E-state index is 0.483. The Balaban J connectivity index is 2.28. The SMILES string of the molecule is O=Cc1cnc2c(c1)c(Cl)cn2-c1cncc(Cl)c1. The van der Waals surface area contributed by atoms with E-state index < -0.39 is 0 Å². The molecule has 3 rings (SSSR count). The first-order valence-corrected chi connectivity index (χ1v) is 6.17. The maximum absolute atomic E-state index is 10.8. The summed E-state index contributed by atoms with van der Waals surface area (Å²) in [5.74, 6) is 0. The lowest BCUT2D eigenvalue weighted by Crippen LogP contribution is -1.95. The smallest absolute Gasteiger partial charge is 0.151 e. The zero-order valence-corrected chi connectivity index (χ0v) is 11.1. The Morgan fingerprint density at radius 3 is 2.74 bits per heavy atom. The predicted molar refractivity (Wildman–Crippen MR) is 74.3 cm³/mol. The van der Waals surface area contributed by atoms with Crippen LogP contribution in [0.2, 0.25) is 10.0 Å². The molecule has 0 atom stereocenters. The van der Waals surface area contributed by atoms with E-state index in [2.05, 4.69) is 9.97 Å². The second-order valence-electron chi connectivity index (χ2n) is 3.97. The molecule has 0 radical (unpaired) electrons. The minimum absolute atomic E-state index is 0.483. The molecule has 0 aliphatic carbocycles. The van der Waals surface area contributed by atoms with Crippen molar-refractivity contribution >= 4 is 40.5 Å². The molecule has 3 aromatic rings. The monoisotopic (exact) mass is 291 g/mol. The number of hydrogen-bond donors (Lipinski definition) is 0. The Bertz CT molecular complexity index is 783. The third-order valence-electron chi connectivity index (χ3n) is 2.72. The van der Waals surface area contributed by atoms with Crippen LogP contribution in [0.1, 0.15) is 10.4 Å². The molecule has 0 N–H and O–H groups in total. The highest BCUT2D eigenvalue weighted by Crippen LogP contribution is 2.28. The number of fused-ring (bicyclic) bond motifs is 1. The van der Waals surface area contributed by atoms with E-state index in [0.29, 0.717) is 26.6 Å². The first kappa shape index (κ1) is 12.1. The van der Waals surface area contributed by atoms with Gasteiger partial charge in [-0.15, -0.1) is 0 Å². The van der Waals surface area contributed by atoms with Crippen LogP contribution < -0.4 is 0 Å². The summed E-state index contributed by atoms with van der Waals surface area (Å²) in [6.45, 7) is 0. The highest BCUT2D eigenvalue weighted by atomic mass is 35.5. The molecule has 0 aliphatic heterocycles. The Morgan fingerprint density at radius 1 is 1.16 bits per heavy atom. The number of nitrogens with zero attached hydrogens (tertiary/aromatic N) is 3. The summed E-state index contributed by atoms with van der Waals surface area (Å²) in [5, 5.41) is 1.76. The highest BCUT2D eigenvalue weighted by Gasteiger charge is 2.11. The number of aldehydes is 1. The first-order valence-electron chi connectivity index (χ1n) is 5.42. The van der Waals surface area contributed by atoms with Gasteiger partial charge in [0.1, 0.15) is 5.65 Å². The fourth-order valence-corrected chi connectivity index (χ4v) is 2.28. The van der Waals surface area contributed by atoms with E-state index in [1.54, 1.807) is 35.3 Å². The van der Waals surface area contributed by atoms with E-state index in [1.165, 1.54) is 6.20 Å². The summed E-state index contributed by atoms with van der Waals surface area (Å²) in [6.07, 6.45) is 7.18. The summed E-state index contributed by atoms with van der Waals surface area (Å²) in [7, 11) is 0. The van der Waals surface area contributed by atoms with Crippen molar-refractivity contribution in [2.24, 2.45) is 0 Å². The number of hydrogen-bond acceptors (Lipinski definition) is 3. The number of pyridine rings is 2. The van der Waals surface area contributed by atoms with Crippen LogP contribution in [0.4, 0.5) is 0 Å². The predicted octanol–water partition coefficient (Wildman–Crippen LogP) is 3.54. The molecule has 19 heavy (non-hydrogen) atoms. The molecule has 3 heterocycles. The van der Waals surface area contributed by atoms with Crippen molar-refractivity contribution in [2.75, 3.05) is 0 Å². The summed E-state index contributed by atoms with van der Waals surface area (Å²) in [6, 6.07) is 3.46. The highest BCUT2D eigenvalue weighted by molar-refractivity contribution is 6.35. The molecular weight excluding hydrogens is 285 g/mol. The number of rotatable bonds is 2. The van der Waals surface area contributed by atoms with E-state index in [9.17, 15) is 4.79 Å². The number of halogens is 2. The van der Waals surface area contributed by atoms with Gasteiger partial charge in [-0.25, -0.2) is 4.98 Å². The topological polar surface area (TPSA) is 47.8 Å². The minimum Gasteiger partial charge on any atom is -0.298 e. The molecule has 3 aromatic heterocycles. The van der Waals surface area contributed by atoms with Crippen LogP contribution in [-0.2, 0) is 0 Å². The molecule has 4 nitrogen and oxygen atoms in total. The Labute approximate surface area is 118 Å². The molecule has 0 amide bonds. The Morgan fingerprint density at radius 2 is 2.00 bits per heavy atom. The second kappa shape index (κ2) is 4.64.